The summed E-state index contributed by atoms with van der Waals surface area (Å²) < 4.78 is 1.37. The van der Waals surface area contributed by atoms with E-state index in [0.29, 0.717) is 5.92 Å². The molecule has 0 amide bonds. The predicted molar refractivity (Wildman–Crippen MR) is 183 cm³/mol. The topological polar surface area (TPSA) is 0 Å². The Morgan fingerprint density at radius 1 is 0.837 bits per heavy atom. The van der Waals surface area contributed by atoms with Gasteiger partial charge in [0.1, 0.15) is 0 Å². The number of hydrogen-bond acceptors (Lipinski definition) is 0. The standard InChI is InChI=1S/C29H37.C8H8.C5H5.Ti/c1-18-25-22-17-19-13-9-10-14-20(19)24(22)21-15-11-12-16-23(21)29(25,8)28(6,7)27(4,5)26(18,2)3;1-2-8-6-4-3-5-7-8;1-2-4-5-3-1;/h9-11,13-15,23H,12,16-17H2,1-8H3;3-7H,1H3;1-5H;/q-1;;-1;+2. The predicted octanol–water partition coefficient (Wildman–Crippen LogP) is 11.1. The van der Waals surface area contributed by atoms with Gasteiger partial charge in [-0.1, -0.05) is 113 Å². The van der Waals surface area contributed by atoms with Crippen molar-refractivity contribution in [3.63, 3.8) is 0 Å². The molecule has 1 saturated carbocycles. The summed E-state index contributed by atoms with van der Waals surface area (Å²) in [6.07, 6.45) is 8.50. The van der Waals surface area contributed by atoms with Crippen LogP contribution in [0, 0.1) is 33.5 Å². The van der Waals surface area contributed by atoms with E-state index < -0.39 is 0 Å². The van der Waals surface area contributed by atoms with E-state index in [2.05, 4.69) is 143 Å². The fourth-order valence-electron chi connectivity index (χ4n) is 8.58. The Bertz CT molecular complexity index is 1540. The first-order valence-electron chi connectivity index (χ1n) is 16.1. The largest absolute Gasteiger partial charge is 0.214 e. The summed E-state index contributed by atoms with van der Waals surface area (Å²) >= 11 is 2.12. The molecule has 222 valence electrons. The Kier molecular flexibility index (Phi) is 8.72. The van der Waals surface area contributed by atoms with E-state index in [-0.39, 0.29) is 21.7 Å². The van der Waals surface area contributed by atoms with Gasteiger partial charge in [-0.05, 0) is 40.6 Å². The Hall–Kier alpha value is -2.54. The normalized spacial score (nSPS) is 25.3. The number of fused-ring (bicyclic) bond motifs is 6. The summed E-state index contributed by atoms with van der Waals surface area (Å²) in [6, 6.07) is 29.6. The third-order valence-corrected chi connectivity index (χ3v) is 13.0. The van der Waals surface area contributed by atoms with Crippen LogP contribution in [0.3, 0.4) is 0 Å². The summed E-state index contributed by atoms with van der Waals surface area (Å²) in [6.45, 7) is 22.4. The van der Waals surface area contributed by atoms with Crippen LogP contribution < -0.4 is 0 Å². The molecule has 0 aromatic heterocycles. The maximum absolute atomic E-state index is 2.62. The third-order valence-electron chi connectivity index (χ3n) is 12.6. The molecule has 4 aliphatic rings. The Morgan fingerprint density at radius 3 is 2.05 bits per heavy atom. The minimum Gasteiger partial charge on any atom is -0.214 e. The zero-order valence-electron chi connectivity index (χ0n) is 27.9. The van der Waals surface area contributed by atoms with E-state index in [4.69, 9.17) is 0 Å². The van der Waals surface area contributed by atoms with Crippen LogP contribution in [0.2, 0.25) is 0 Å². The minimum atomic E-state index is 0.164. The van der Waals surface area contributed by atoms with Crippen molar-refractivity contribution < 1.29 is 20.0 Å². The molecule has 3 aromatic carbocycles. The molecule has 0 saturated heterocycles. The number of allylic oxidation sites excluding steroid dienone is 6. The molecule has 43 heavy (non-hydrogen) atoms. The van der Waals surface area contributed by atoms with Gasteiger partial charge in [-0.3, -0.25) is 0 Å². The van der Waals surface area contributed by atoms with Gasteiger partial charge in [0.2, 0.25) is 0 Å². The van der Waals surface area contributed by atoms with E-state index in [1.54, 1.807) is 28.2 Å². The Morgan fingerprint density at radius 2 is 1.47 bits per heavy atom. The smallest absolute Gasteiger partial charge is 0.172 e. The van der Waals surface area contributed by atoms with Crippen molar-refractivity contribution in [3.05, 3.63) is 136 Å². The van der Waals surface area contributed by atoms with E-state index in [9.17, 15) is 0 Å². The molecule has 0 nitrogen and oxygen atoms in total. The minimum absolute atomic E-state index is 0.164. The van der Waals surface area contributed by atoms with Crippen molar-refractivity contribution in [1.29, 1.82) is 0 Å². The van der Waals surface area contributed by atoms with Gasteiger partial charge < -0.3 is 0 Å². The molecule has 0 heterocycles. The summed E-state index contributed by atoms with van der Waals surface area (Å²) in [4.78, 5) is 0. The van der Waals surface area contributed by atoms with Crippen molar-refractivity contribution in [1.82, 2.24) is 0 Å². The number of hydrogen-bond donors (Lipinski definition) is 0. The molecule has 2 atom stereocenters. The average Bonchev–Trinajstić information content (AvgIpc) is 3.69. The van der Waals surface area contributed by atoms with Crippen LogP contribution in [-0.2, 0) is 26.4 Å². The first kappa shape index (κ1) is 31.9. The Balaban J connectivity index is 0.000000216. The van der Waals surface area contributed by atoms with Crippen LogP contribution in [0.1, 0.15) is 91.8 Å². The van der Waals surface area contributed by atoms with Crippen LogP contribution in [-0.4, -0.2) is 3.81 Å². The van der Waals surface area contributed by atoms with Gasteiger partial charge in [-0.15, -0.1) is 6.92 Å². The summed E-state index contributed by atoms with van der Waals surface area (Å²) in [5.74, 6) is 2.24. The molecular weight excluding hydrogens is 552 g/mol. The second-order valence-corrected chi connectivity index (χ2v) is 15.9. The molecule has 0 bridgehead atoms. The molecule has 1 heteroatoms. The first-order chi connectivity index (χ1) is 20.3. The van der Waals surface area contributed by atoms with Crippen LogP contribution in [0.25, 0.3) is 5.57 Å². The van der Waals surface area contributed by atoms with Crippen molar-refractivity contribution in [2.24, 2.45) is 27.6 Å². The van der Waals surface area contributed by atoms with Gasteiger partial charge in [-0.2, -0.15) is 29.3 Å². The fourth-order valence-corrected chi connectivity index (χ4v) is 8.84. The Labute approximate surface area is 273 Å². The molecule has 1 fully saturated rings. The van der Waals surface area contributed by atoms with Gasteiger partial charge in [0.25, 0.3) is 0 Å². The van der Waals surface area contributed by atoms with Crippen molar-refractivity contribution in [3.8, 4) is 0 Å². The van der Waals surface area contributed by atoms with Crippen molar-refractivity contribution in [2.45, 2.75) is 81.6 Å². The van der Waals surface area contributed by atoms with Crippen LogP contribution >= 0.6 is 0 Å². The molecule has 2 unspecified atom stereocenters. The van der Waals surface area contributed by atoms with Gasteiger partial charge >= 0.3 is 66.6 Å². The average molecular weight is 603 g/mol. The monoisotopic (exact) mass is 602 g/mol. The molecule has 3 aromatic rings. The number of benzene rings is 2. The maximum atomic E-state index is 2.62. The van der Waals surface area contributed by atoms with Crippen LogP contribution in [0.4, 0.5) is 0 Å². The van der Waals surface area contributed by atoms with Crippen LogP contribution in [0.15, 0.2) is 114 Å². The van der Waals surface area contributed by atoms with E-state index in [1.807, 2.05) is 36.4 Å². The second kappa shape index (κ2) is 11.8. The SMILES string of the molecule is C[C-]1C2=C3Cc4ccccc4C3=C3C=CCCC3C2(C)C(C)(C)C(C)(C)C1(C)C.C[C](=[Ti+2])c1ccccc1.c1cc[cH-]c1. The van der Waals surface area contributed by atoms with E-state index in [1.165, 1.54) is 33.3 Å². The summed E-state index contributed by atoms with van der Waals surface area (Å²) in [7, 11) is 0. The fraction of sp³-hybridized carbons (Fsp3) is 0.405. The summed E-state index contributed by atoms with van der Waals surface area (Å²) in [5.41, 5.74) is 11.6. The number of rotatable bonds is 1. The molecule has 7 rings (SSSR count). The first-order valence-corrected chi connectivity index (χ1v) is 16.9. The molecule has 0 aliphatic heterocycles. The molecule has 0 spiro atoms. The van der Waals surface area contributed by atoms with Gasteiger partial charge in [0.15, 0.2) is 0 Å². The van der Waals surface area contributed by atoms with Crippen molar-refractivity contribution >= 4 is 9.38 Å². The van der Waals surface area contributed by atoms with Crippen molar-refractivity contribution in [2.75, 3.05) is 0 Å². The third kappa shape index (κ3) is 4.98. The van der Waals surface area contributed by atoms with E-state index in [0.717, 1.165) is 6.42 Å². The van der Waals surface area contributed by atoms with Gasteiger partial charge in [0.05, 0.1) is 0 Å². The zero-order chi connectivity index (χ0) is 31.2. The zero-order valence-corrected chi connectivity index (χ0v) is 29.5. The van der Waals surface area contributed by atoms with Gasteiger partial charge in [0, 0.05) is 0 Å². The molecule has 0 radical (unpaired) electrons. The van der Waals surface area contributed by atoms with Crippen LogP contribution in [0.5, 0.6) is 0 Å². The maximum Gasteiger partial charge on any atom is -0.172 e. The van der Waals surface area contributed by atoms with Gasteiger partial charge in [-0.25, -0.2) is 18.1 Å². The molecular formula is C42H50Ti. The summed E-state index contributed by atoms with van der Waals surface area (Å²) in [5, 5.41) is 0. The van der Waals surface area contributed by atoms with E-state index >= 15 is 0 Å². The second-order valence-electron chi connectivity index (χ2n) is 14.7. The molecule has 4 aliphatic carbocycles. The quantitative estimate of drug-likeness (QED) is 0.192. The molecule has 0 N–H and O–H groups in total.